The Balaban J connectivity index is 2.32. The molecule has 0 aromatic rings. The average Bonchev–Trinajstić information content (AvgIpc) is 2.93. The first-order valence-corrected chi connectivity index (χ1v) is 4.41. The van der Waals surface area contributed by atoms with E-state index < -0.39 is 17.5 Å². The Bertz CT molecular complexity index is 250. The molecule has 0 radical (unpaired) electrons. The molecule has 1 rings (SSSR count). The van der Waals surface area contributed by atoms with E-state index in [0.29, 0.717) is 0 Å². The Morgan fingerprint density at radius 1 is 1.50 bits per heavy atom. The van der Waals surface area contributed by atoms with Crippen LogP contribution in [0.15, 0.2) is 0 Å². The molecule has 6 nitrogen and oxygen atoms in total. The van der Waals surface area contributed by atoms with Crippen molar-refractivity contribution < 1.29 is 19.8 Å². The number of amides is 1. The van der Waals surface area contributed by atoms with Crippen molar-refractivity contribution in [3.8, 4) is 0 Å². The SMILES string of the molecule is NCC1(C(=O)NC[C@H](O)C(=O)O)CC1. The van der Waals surface area contributed by atoms with Crippen LogP contribution in [-0.2, 0) is 9.59 Å². The Kier molecular flexibility index (Phi) is 3.07. The Hall–Kier alpha value is -1.14. The van der Waals surface area contributed by atoms with E-state index in [9.17, 15) is 9.59 Å². The van der Waals surface area contributed by atoms with Crippen LogP contribution in [0.4, 0.5) is 0 Å². The number of rotatable bonds is 5. The highest BCUT2D eigenvalue weighted by molar-refractivity contribution is 5.86. The highest BCUT2D eigenvalue weighted by atomic mass is 16.4. The number of carboxylic acid groups (broad SMARTS) is 1. The van der Waals surface area contributed by atoms with Gasteiger partial charge < -0.3 is 21.3 Å². The summed E-state index contributed by atoms with van der Waals surface area (Å²) in [6.07, 6.45) is -0.0793. The van der Waals surface area contributed by atoms with E-state index >= 15 is 0 Å². The van der Waals surface area contributed by atoms with Crippen LogP contribution >= 0.6 is 0 Å². The zero-order valence-corrected chi connectivity index (χ0v) is 7.69. The van der Waals surface area contributed by atoms with Gasteiger partial charge >= 0.3 is 5.97 Å². The first-order valence-electron chi connectivity index (χ1n) is 4.41. The van der Waals surface area contributed by atoms with Gasteiger partial charge in [0.1, 0.15) is 0 Å². The van der Waals surface area contributed by atoms with E-state index in [1.54, 1.807) is 0 Å². The van der Waals surface area contributed by atoms with Crippen LogP contribution in [0.2, 0.25) is 0 Å². The van der Waals surface area contributed by atoms with Crippen molar-refractivity contribution in [2.75, 3.05) is 13.1 Å². The molecular weight excluding hydrogens is 188 g/mol. The van der Waals surface area contributed by atoms with Crippen LogP contribution in [0.25, 0.3) is 0 Å². The van der Waals surface area contributed by atoms with E-state index in [2.05, 4.69) is 5.32 Å². The van der Waals surface area contributed by atoms with E-state index in [4.69, 9.17) is 15.9 Å². The highest BCUT2D eigenvalue weighted by Crippen LogP contribution is 2.44. The standard InChI is InChI=1S/C8H14N2O4/c9-4-8(1-2-8)7(14)10-3-5(11)6(12)13/h5,11H,1-4,9H2,(H,10,14)(H,12,13)/t5-/m0/s1. The average molecular weight is 202 g/mol. The van der Waals surface area contributed by atoms with Crippen LogP contribution in [0.5, 0.6) is 0 Å². The molecule has 6 heteroatoms. The fraction of sp³-hybridized carbons (Fsp3) is 0.750. The molecule has 0 spiro atoms. The van der Waals surface area contributed by atoms with Gasteiger partial charge in [-0.1, -0.05) is 0 Å². The van der Waals surface area contributed by atoms with Crippen molar-refractivity contribution in [3.05, 3.63) is 0 Å². The summed E-state index contributed by atoms with van der Waals surface area (Å²) in [4.78, 5) is 21.6. The second-order valence-electron chi connectivity index (χ2n) is 3.55. The van der Waals surface area contributed by atoms with Crippen molar-refractivity contribution in [3.63, 3.8) is 0 Å². The molecule has 1 saturated carbocycles. The first-order chi connectivity index (χ1) is 6.52. The molecule has 0 saturated heterocycles. The van der Waals surface area contributed by atoms with Gasteiger partial charge in [-0.15, -0.1) is 0 Å². The Labute approximate surface area is 81.1 Å². The summed E-state index contributed by atoms with van der Waals surface area (Å²) in [5, 5.41) is 19.6. The van der Waals surface area contributed by atoms with Crippen molar-refractivity contribution in [2.24, 2.45) is 11.1 Å². The lowest BCUT2D eigenvalue weighted by atomic mass is 10.1. The van der Waals surface area contributed by atoms with E-state index in [1.807, 2.05) is 0 Å². The predicted molar refractivity (Wildman–Crippen MR) is 47.4 cm³/mol. The lowest BCUT2D eigenvalue weighted by Gasteiger charge is -2.13. The molecule has 14 heavy (non-hydrogen) atoms. The quantitative estimate of drug-likeness (QED) is 0.424. The summed E-state index contributed by atoms with van der Waals surface area (Å²) in [5.41, 5.74) is 4.89. The first kappa shape index (κ1) is 10.9. The smallest absolute Gasteiger partial charge is 0.334 e. The lowest BCUT2D eigenvalue weighted by Crippen LogP contribution is -2.42. The van der Waals surface area contributed by atoms with E-state index in [0.717, 1.165) is 12.8 Å². The zero-order valence-electron chi connectivity index (χ0n) is 7.69. The third kappa shape index (κ3) is 2.21. The van der Waals surface area contributed by atoms with Crippen LogP contribution in [0.1, 0.15) is 12.8 Å². The van der Waals surface area contributed by atoms with Crippen LogP contribution in [-0.4, -0.2) is 41.3 Å². The largest absolute Gasteiger partial charge is 0.479 e. The molecule has 0 aromatic carbocycles. The summed E-state index contributed by atoms with van der Waals surface area (Å²) >= 11 is 0. The number of nitrogens with one attached hydrogen (secondary N) is 1. The van der Waals surface area contributed by atoms with Crippen LogP contribution in [0.3, 0.4) is 0 Å². The van der Waals surface area contributed by atoms with Gasteiger partial charge in [-0.3, -0.25) is 4.79 Å². The summed E-state index contributed by atoms with van der Waals surface area (Å²) in [6, 6.07) is 0. The van der Waals surface area contributed by atoms with Gasteiger partial charge in [0.25, 0.3) is 0 Å². The van der Waals surface area contributed by atoms with E-state index in [1.165, 1.54) is 0 Å². The molecule has 0 heterocycles. The number of nitrogens with two attached hydrogens (primary N) is 1. The summed E-state index contributed by atoms with van der Waals surface area (Å²) in [5.74, 6) is -1.61. The monoisotopic (exact) mass is 202 g/mol. The van der Waals surface area contributed by atoms with Crippen molar-refractivity contribution in [1.29, 1.82) is 0 Å². The fourth-order valence-electron chi connectivity index (χ4n) is 1.14. The molecule has 0 aromatic heterocycles. The minimum absolute atomic E-state index is 0.264. The number of hydrogen-bond acceptors (Lipinski definition) is 4. The van der Waals surface area contributed by atoms with Crippen LogP contribution < -0.4 is 11.1 Å². The summed E-state index contributed by atoms with van der Waals surface area (Å²) in [7, 11) is 0. The molecule has 1 aliphatic rings. The van der Waals surface area contributed by atoms with E-state index in [-0.39, 0.29) is 19.0 Å². The molecule has 0 unspecified atom stereocenters. The Morgan fingerprint density at radius 3 is 2.43 bits per heavy atom. The number of aliphatic hydroxyl groups is 1. The maximum atomic E-state index is 11.4. The zero-order chi connectivity index (χ0) is 10.8. The van der Waals surface area contributed by atoms with Gasteiger partial charge in [0.15, 0.2) is 6.10 Å². The minimum Gasteiger partial charge on any atom is -0.479 e. The number of carbonyl (C=O) groups is 2. The molecule has 1 fully saturated rings. The molecule has 80 valence electrons. The summed E-state index contributed by atoms with van der Waals surface area (Å²) in [6.45, 7) is -0.00207. The molecule has 1 amide bonds. The lowest BCUT2D eigenvalue weighted by molar-refractivity contribution is -0.146. The molecule has 0 bridgehead atoms. The number of aliphatic hydroxyl groups excluding tert-OH is 1. The van der Waals surface area contributed by atoms with Crippen molar-refractivity contribution >= 4 is 11.9 Å². The second kappa shape index (κ2) is 3.93. The van der Waals surface area contributed by atoms with Crippen molar-refractivity contribution in [1.82, 2.24) is 5.32 Å². The third-order valence-electron chi connectivity index (χ3n) is 2.47. The number of carbonyl (C=O) groups excluding carboxylic acids is 1. The van der Waals surface area contributed by atoms with Gasteiger partial charge in [0.05, 0.1) is 12.0 Å². The van der Waals surface area contributed by atoms with Crippen molar-refractivity contribution in [2.45, 2.75) is 18.9 Å². The molecule has 1 atom stereocenters. The number of aliphatic carboxylic acids is 1. The topological polar surface area (TPSA) is 113 Å². The number of hydrogen-bond donors (Lipinski definition) is 4. The third-order valence-corrected chi connectivity index (χ3v) is 2.47. The normalized spacial score (nSPS) is 19.9. The van der Waals surface area contributed by atoms with Gasteiger partial charge in [-0.25, -0.2) is 4.79 Å². The summed E-state index contributed by atoms with van der Waals surface area (Å²) < 4.78 is 0. The van der Waals surface area contributed by atoms with Gasteiger partial charge in [-0.05, 0) is 12.8 Å². The Morgan fingerprint density at radius 2 is 2.07 bits per heavy atom. The van der Waals surface area contributed by atoms with Gasteiger partial charge in [0.2, 0.25) is 5.91 Å². The molecular formula is C8H14N2O4. The fourth-order valence-corrected chi connectivity index (χ4v) is 1.14. The highest BCUT2D eigenvalue weighted by Gasteiger charge is 2.48. The minimum atomic E-state index is -1.55. The predicted octanol–water partition coefficient (Wildman–Crippen LogP) is -1.71. The maximum absolute atomic E-state index is 11.4. The molecule has 1 aliphatic carbocycles. The van der Waals surface area contributed by atoms with Crippen LogP contribution in [0, 0.1) is 5.41 Å². The molecule has 0 aliphatic heterocycles. The van der Waals surface area contributed by atoms with Gasteiger partial charge in [0, 0.05) is 6.54 Å². The maximum Gasteiger partial charge on any atom is 0.334 e. The molecule has 5 N–H and O–H groups in total. The number of carboxylic acids is 1. The van der Waals surface area contributed by atoms with Gasteiger partial charge in [-0.2, -0.15) is 0 Å². The second-order valence-corrected chi connectivity index (χ2v) is 3.55.